The maximum Gasteiger partial charge on any atom is 0.0587 e. The van der Waals surface area contributed by atoms with E-state index in [9.17, 15) is 0 Å². The monoisotopic (exact) mass is 271 g/mol. The predicted molar refractivity (Wildman–Crippen MR) is 85.7 cm³/mol. The van der Waals surface area contributed by atoms with E-state index in [1.807, 2.05) is 0 Å². The smallest absolute Gasteiger partial charge is 0.0587 e. The molecule has 1 N–H and O–H groups in total. The molecule has 0 heterocycles. The van der Waals surface area contributed by atoms with Crippen LogP contribution in [-0.2, 0) is 4.74 Å². The van der Waals surface area contributed by atoms with Crippen LogP contribution >= 0.6 is 0 Å². The largest absolute Gasteiger partial charge is 0.383 e. The Kier molecular flexibility index (Phi) is 11.7. The normalized spacial score (nSPS) is 14.8. The molecule has 0 spiro atoms. The SMILES string of the molecule is CCCCC(CC)(CCCC(C)C)CNCCOC. The average molecular weight is 271 g/mol. The molecule has 0 saturated heterocycles. The van der Waals surface area contributed by atoms with Crippen molar-refractivity contribution in [1.82, 2.24) is 5.32 Å². The van der Waals surface area contributed by atoms with E-state index in [0.717, 1.165) is 25.6 Å². The molecule has 0 aliphatic heterocycles. The van der Waals surface area contributed by atoms with Crippen LogP contribution in [0.5, 0.6) is 0 Å². The number of hydrogen-bond donors (Lipinski definition) is 1. The van der Waals surface area contributed by atoms with Crippen LogP contribution in [0.4, 0.5) is 0 Å². The van der Waals surface area contributed by atoms with E-state index in [1.54, 1.807) is 7.11 Å². The fourth-order valence-corrected chi connectivity index (χ4v) is 2.75. The highest BCUT2D eigenvalue weighted by atomic mass is 16.5. The Morgan fingerprint density at radius 1 is 1.11 bits per heavy atom. The molecule has 0 bridgehead atoms. The fourth-order valence-electron chi connectivity index (χ4n) is 2.75. The van der Waals surface area contributed by atoms with Crippen LogP contribution in [0, 0.1) is 11.3 Å². The molecule has 2 nitrogen and oxygen atoms in total. The lowest BCUT2D eigenvalue weighted by Crippen LogP contribution is -2.35. The zero-order chi connectivity index (χ0) is 14.6. The Morgan fingerprint density at radius 2 is 1.79 bits per heavy atom. The van der Waals surface area contributed by atoms with Crippen molar-refractivity contribution >= 4 is 0 Å². The highest BCUT2D eigenvalue weighted by Crippen LogP contribution is 2.34. The molecule has 0 amide bonds. The minimum absolute atomic E-state index is 0.513. The van der Waals surface area contributed by atoms with Gasteiger partial charge in [0.2, 0.25) is 0 Å². The van der Waals surface area contributed by atoms with Crippen molar-refractivity contribution in [1.29, 1.82) is 0 Å². The molecule has 116 valence electrons. The van der Waals surface area contributed by atoms with Crippen LogP contribution < -0.4 is 5.32 Å². The van der Waals surface area contributed by atoms with Gasteiger partial charge in [-0.15, -0.1) is 0 Å². The van der Waals surface area contributed by atoms with Crippen LogP contribution in [0.2, 0.25) is 0 Å². The first-order valence-electron chi connectivity index (χ1n) is 8.30. The summed E-state index contributed by atoms with van der Waals surface area (Å²) in [5.41, 5.74) is 0.513. The van der Waals surface area contributed by atoms with Gasteiger partial charge in [0, 0.05) is 20.2 Å². The molecule has 0 aliphatic carbocycles. The van der Waals surface area contributed by atoms with Gasteiger partial charge in [-0.1, -0.05) is 53.4 Å². The maximum atomic E-state index is 5.12. The molecule has 1 unspecified atom stereocenters. The van der Waals surface area contributed by atoms with Crippen molar-refractivity contribution in [2.24, 2.45) is 11.3 Å². The molecule has 0 aromatic rings. The molecule has 0 rings (SSSR count). The van der Waals surface area contributed by atoms with E-state index in [2.05, 4.69) is 33.0 Å². The highest BCUT2D eigenvalue weighted by Gasteiger charge is 2.26. The Labute approximate surface area is 121 Å². The minimum atomic E-state index is 0.513. The third kappa shape index (κ3) is 9.45. The summed E-state index contributed by atoms with van der Waals surface area (Å²) in [6.45, 7) is 12.3. The van der Waals surface area contributed by atoms with Crippen molar-refractivity contribution in [3.63, 3.8) is 0 Å². The minimum Gasteiger partial charge on any atom is -0.383 e. The first-order chi connectivity index (χ1) is 9.10. The molecular formula is C17H37NO. The molecule has 0 fully saturated rings. The Balaban J connectivity index is 4.23. The number of hydrogen-bond acceptors (Lipinski definition) is 2. The first kappa shape index (κ1) is 18.9. The molecule has 2 heteroatoms. The number of ether oxygens (including phenoxy) is 1. The first-order valence-corrected chi connectivity index (χ1v) is 8.30. The second kappa shape index (κ2) is 11.7. The van der Waals surface area contributed by atoms with Crippen LogP contribution in [0.25, 0.3) is 0 Å². The van der Waals surface area contributed by atoms with Gasteiger partial charge in [-0.25, -0.2) is 0 Å². The molecule has 0 aliphatic rings. The lowest BCUT2D eigenvalue weighted by Gasteiger charge is -2.34. The van der Waals surface area contributed by atoms with Gasteiger partial charge in [0.25, 0.3) is 0 Å². The third-order valence-electron chi connectivity index (χ3n) is 4.28. The van der Waals surface area contributed by atoms with Crippen molar-refractivity contribution < 1.29 is 4.74 Å². The summed E-state index contributed by atoms with van der Waals surface area (Å²) in [5.74, 6) is 0.835. The van der Waals surface area contributed by atoms with E-state index in [1.165, 1.54) is 44.9 Å². The van der Waals surface area contributed by atoms with Gasteiger partial charge in [-0.05, 0) is 30.6 Å². The van der Waals surface area contributed by atoms with Gasteiger partial charge in [-0.3, -0.25) is 0 Å². The van der Waals surface area contributed by atoms with Gasteiger partial charge in [0.15, 0.2) is 0 Å². The maximum absolute atomic E-state index is 5.12. The second-order valence-corrected chi connectivity index (χ2v) is 6.41. The Hall–Kier alpha value is -0.0800. The zero-order valence-corrected chi connectivity index (χ0v) is 14.1. The van der Waals surface area contributed by atoms with Gasteiger partial charge in [0.05, 0.1) is 6.61 Å². The van der Waals surface area contributed by atoms with E-state index in [-0.39, 0.29) is 0 Å². The second-order valence-electron chi connectivity index (χ2n) is 6.41. The summed E-state index contributed by atoms with van der Waals surface area (Å²) in [7, 11) is 1.77. The number of rotatable bonds is 13. The van der Waals surface area contributed by atoms with Crippen LogP contribution in [0.15, 0.2) is 0 Å². The third-order valence-corrected chi connectivity index (χ3v) is 4.28. The Bertz CT molecular complexity index is 194. The Morgan fingerprint density at radius 3 is 2.32 bits per heavy atom. The molecule has 0 saturated carbocycles. The number of unbranched alkanes of at least 4 members (excludes halogenated alkanes) is 1. The van der Waals surface area contributed by atoms with Crippen molar-refractivity contribution in [3.05, 3.63) is 0 Å². The molecule has 0 aromatic heterocycles. The van der Waals surface area contributed by atoms with E-state index in [4.69, 9.17) is 4.74 Å². The predicted octanol–water partition coefficient (Wildman–Crippen LogP) is 4.64. The summed E-state index contributed by atoms with van der Waals surface area (Å²) >= 11 is 0. The molecule has 0 aromatic carbocycles. The lowest BCUT2D eigenvalue weighted by atomic mass is 9.75. The van der Waals surface area contributed by atoms with Crippen molar-refractivity contribution in [2.45, 2.75) is 72.6 Å². The molecular weight excluding hydrogens is 234 g/mol. The topological polar surface area (TPSA) is 21.3 Å². The summed E-state index contributed by atoms with van der Waals surface area (Å²) in [4.78, 5) is 0. The van der Waals surface area contributed by atoms with Gasteiger partial charge in [0.1, 0.15) is 0 Å². The summed E-state index contributed by atoms with van der Waals surface area (Å²) in [6.07, 6.45) is 9.46. The summed E-state index contributed by atoms with van der Waals surface area (Å²) < 4.78 is 5.12. The highest BCUT2D eigenvalue weighted by molar-refractivity contribution is 4.80. The number of nitrogens with one attached hydrogen (secondary N) is 1. The lowest BCUT2D eigenvalue weighted by molar-refractivity contribution is 0.173. The summed E-state index contributed by atoms with van der Waals surface area (Å²) in [5, 5.41) is 3.60. The molecule has 19 heavy (non-hydrogen) atoms. The quantitative estimate of drug-likeness (QED) is 0.493. The zero-order valence-electron chi connectivity index (χ0n) is 14.1. The van der Waals surface area contributed by atoms with E-state index in [0.29, 0.717) is 5.41 Å². The van der Waals surface area contributed by atoms with E-state index >= 15 is 0 Å². The van der Waals surface area contributed by atoms with Crippen molar-refractivity contribution in [3.8, 4) is 0 Å². The molecule has 1 atom stereocenters. The number of methoxy groups -OCH3 is 1. The van der Waals surface area contributed by atoms with E-state index < -0.39 is 0 Å². The average Bonchev–Trinajstić information content (AvgIpc) is 2.40. The van der Waals surface area contributed by atoms with Gasteiger partial charge >= 0.3 is 0 Å². The standard InChI is InChI=1S/C17H37NO/c1-6-8-11-17(7-2,12-9-10-16(3)4)15-18-13-14-19-5/h16,18H,6-15H2,1-5H3. The van der Waals surface area contributed by atoms with Crippen LogP contribution in [0.1, 0.15) is 72.6 Å². The van der Waals surface area contributed by atoms with Crippen LogP contribution in [-0.4, -0.2) is 26.8 Å². The summed E-state index contributed by atoms with van der Waals surface area (Å²) in [6, 6.07) is 0. The van der Waals surface area contributed by atoms with Crippen LogP contribution in [0.3, 0.4) is 0 Å². The van der Waals surface area contributed by atoms with Gasteiger partial charge < -0.3 is 10.1 Å². The van der Waals surface area contributed by atoms with Crippen molar-refractivity contribution in [2.75, 3.05) is 26.8 Å². The van der Waals surface area contributed by atoms with Gasteiger partial charge in [-0.2, -0.15) is 0 Å². The fraction of sp³-hybridized carbons (Fsp3) is 1.00. The molecule has 0 radical (unpaired) electrons.